The van der Waals surface area contributed by atoms with E-state index in [1.807, 2.05) is 43.3 Å². The van der Waals surface area contributed by atoms with Crippen LogP contribution in [0.5, 0.6) is 0 Å². The molecule has 2 aromatic rings. The number of benzene rings is 2. The zero-order valence-electron chi connectivity index (χ0n) is 14.8. The summed E-state index contributed by atoms with van der Waals surface area (Å²) < 4.78 is 0. The topological polar surface area (TPSA) is 20.3 Å². The summed E-state index contributed by atoms with van der Waals surface area (Å²) in [5, 5.41) is 0. The Morgan fingerprint density at radius 3 is 1.79 bits per heavy atom. The molecule has 0 saturated heterocycles. The van der Waals surface area contributed by atoms with E-state index in [4.69, 9.17) is 0 Å². The highest BCUT2D eigenvalue weighted by atomic mass is 32.1. The second kappa shape index (κ2) is 8.50. The molecule has 0 aliphatic carbocycles. The first kappa shape index (κ1) is 18.8. The van der Waals surface area contributed by atoms with Crippen LogP contribution in [0.1, 0.15) is 30.9 Å². The van der Waals surface area contributed by atoms with E-state index in [-0.39, 0.29) is 11.8 Å². The number of rotatable bonds is 8. The highest BCUT2D eigenvalue weighted by molar-refractivity contribution is 7.80. The van der Waals surface area contributed by atoms with Gasteiger partial charge in [0, 0.05) is 18.2 Å². The molecule has 3 heteroatoms. The van der Waals surface area contributed by atoms with Crippen molar-refractivity contribution in [2.24, 2.45) is 0 Å². The van der Waals surface area contributed by atoms with Crippen molar-refractivity contribution in [1.82, 2.24) is 4.90 Å². The van der Waals surface area contributed by atoms with Crippen molar-refractivity contribution in [3.8, 4) is 0 Å². The molecule has 1 atom stereocenters. The molecule has 0 aromatic heterocycles. The second-order valence-corrected chi connectivity index (χ2v) is 6.78. The van der Waals surface area contributed by atoms with Crippen LogP contribution in [0, 0.1) is 0 Å². The SMILES string of the molecule is CCC(=O)C(C[C@H](CS)N(C)C)(c1ccccc1)c1ccccc1. The summed E-state index contributed by atoms with van der Waals surface area (Å²) in [5.41, 5.74) is 1.50. The third-order valence-corrected chi connectivity index (χ3v) is 5.23. The van der Waals surface area contributed by atoms with E-state index in [0.29, 0.717) is 12.2 Å². The maximum absolute atomic E-state index is 13.3. The zero-order valence-corrected chi connectivity index (χ0v) is 15.7. The van der Waals surface area contributed by atoms with E-state index in [2.05, 4.69) is 55.9 Å². The molecule has 2 nitrogen and oxygen atoms in total. The lowest BCUT2D eigenvalue weighted by Crippen LogP contribution is -2.44. The van der Waals surface area contributed by atoms with E-state index >= 15 is 0 Å². The van der Waals surface area contributed by atoms with Gasteiger partial charge >= 0.3 is 0 Å². The second-order valence-electron chi connectivity index (χ2n) is 6.42. The van der Waals surface area contributed by atoms with Crippen molar-refractivity contribution in [2.45, 2.75) is 31.2 Å². The molecule has 0 heterocycles. The average molecular weight is 342 g/mol. The lowest BCUT2D eigenvalue weighted by Gasteiger charge is -2.38. The molecular formula is C21H27NOS. The molecule has 0 aliphatic rings. The van der Waals surface area contributed by atoms with Gasteiger partial charge in [-0.15, -0.1) is 0 Å². The molecular weight excluding hydrogens is 314 g/mol. The van der Waals surface area contributed by atoms with Crippen molar-refractivity contribution in [1.29, 1.82) is 0 Å². The summed E-state index contributed by atoms with van der Waals surface area (Å²) in [6, 6.07) is 20.6. The fraction of sp³-hybridized carbons (Fsp3) is 0.381. The highest BCUT2D eigenvalue weighted by Crippen LogP contribution is 2.39. The van der Waals surface area contributed by atoms with E-state index in [1.165, 1.54) is 0 Å². The predicted molar refractivity (Wildman–Crippen MR) is 105 cm³/mol. The molecule has 0 spiro atoms. The first-order valence-electron chi connectivity index (χ1n) is 8.48. The number of hydrogen-bond acceptors (Lipinski definition) is 3. The molecule has 0 unspecified atom stereocenters. The lowest BCUT2D eigenvalue weighted by atomic mass is 9.67. The fourth-order valence-corrected chi connectivity index (χ4v) is 3.80. The summed E-state index contributed by atoms with van der Waals surface area (Å²) in [5.74, 6) is 0.972. The van der Waals surface area contributed by atoms with Gasteiger partial charge in [-0.25, -0.2) is 0 Å². The van der Waals surface area contributed by atoms with E-state index in [1.54, 1.807) is 0 Å². The summed E-state index contributed by atoms with van der Waals surface area (Å²) >= 11 is 4.54. The smallest absolute Gasteiger partial charge is 0.147 e. The minimum atomic E-state index is -0.630. The Labute approximate surface area is 151 Å². The predicted octanol–water partition coefficient (Wildman–Crippen LogP) is 4.20. The number of thiol groups is 1. The molecule has 24 heavy (non-hydrogen) atoms. The molecule has 128 valence electrons. The highest BCUT2D eigenvalue weighted by Gasteiger charge is 2.42. The van der Waals surface area contributed by atoms with Crippen LogP contribution < -0.4 is 0 Å². The molecule has 0 saturated carbocycles. The van der Waals surface area contributed by atoms with Gasteiger partial charge in [0.2, 0.25) is 0 Å². The van der Waals surface area contributed by atoms with Crippen molar-refractivity contribution in [2.75, 3.05) is 19.8 Å². The Balaban J connectivity index is 2.67. The minimum absolute atomic E-state index is 0.212. The molecule has 2 aromatic carbocycles. The molecule has 0 radical (unpaired) electrons. The van der Waals surface area contributed by atoms with Crippen LogP contribution in [0.4, 0.5) is 0 Å². The van der Waals surface area contributed by atoms with Gasteiger partial charge < -0.3 is 4.90 Å². The Morgan fingerprint density at radius 1 is 1.00 bits per heavy atom. The summed E-state index contributed by atoms with van der Waals surface area (Å²) in [7, 11) is 4.11. The van der Waals surface area contributed by atoms with Gasteiger partial charge in [0.05, 0.1) is 5.41 Å². The van der Waals surface area contributed by atoms with Gasteiger partial charge in [-0.3, -0.25) is 4.79 Å². The Hall–Kier alpha value is -1.58. The van der Waals surface area contributed by atoms with Gasteiger partial charge in [-0.2, -0.15) is 12.6 Å². The van der Waals surface area contributed by atoms with Crippen molar-refractivity contribution < 1.29 is 4.79 Å². The number of hydrogen-bond donors (Lipinski definition) is 1. The Morgan fingerprint density at radius 2 is 1.46 bits per heavy atom. The number of nitrogens with zero attached hydrogens (tertiary/aromatic N) is 1. The van der Waals surface area contributed by atoms with E-state index in [9.17, 15) is 4.79 Å². The van der Waals surface area contributed by atoms with Crippen molar-refractivity contribution in [3.05, 3.63) is 71.8 Å². The number of carbonyl (C=O) groups excluding carboxylic acids is 1. The number of carbonyl (C=O) groups is 1. The van der Waals surface area contributed by atoms with Crippen molar-refractivity contribution in [3.63, 3.8) is 0 Å². The molecule has 0 aliphatic heterocycles. The maximum Gasteiger partial charge on any atom is 0.147 e. The van der Waals surface area contributed by atoms with Gasteiger partial charge in [0.25, 0.3) is 0 Å². The Kier molecular flexibility index (Phi) is 6.64. The molecule has 0 fully saturated rings. The zero-order chi connectivity index (χ0) is 17.6. The first-order valence-corrected chi connectivity index (χ1v) is 9.11. The van der Waals surface area contributed by atoms with E-state index in [0.717, 1.165) is 17.5 Å². The molecule has 0 amide bonds. The minimum Gasteiger partial charge on any atom is -0.306 e. The fourth-order valence-electron chi connectivity index (χ4n) is 3.35. The molecule has 2 rings (SSSR count). The van der Waals surface area contributed by atoms with Gasteiger partial charge in [-0.05, 0) is 31.6 Å². The van der Waals surface area contributed by atoms with Crippen LogP contribution >= 0.6 is 12.6 Å². The summed E-state index contributed by atoms with van der Waals surface area (Å²) in [4.78, 5) is 15.4. The van der Waals surface area contributed by atoms with Crippen LogP contribution in [0.15, 0.2) is 60.7 Å². The van der Waals surface area contributed by atoms with Gasteiger partial charge in [0.15, 0.2) is 0 Å². The average Bonchev–Trinajstić information content (AvgIpc) is 2.63. The number of ketones is 1. The van der Waals surface area contributed by atoms with Crippen LogP contribution in [0.25, 0.3) is 0 Å². The number of Topliss-reactive ketones (excluding diaryl/α,β-unsaturated/α-hetero) is 1. The van der Waals surface area contributed by atoms with E-state index < -0.39 is 5.41 Å². The van der Waals surface area contributed by atoms with Crippen molar-refractivity contribution >= 4 is 18.4 Å². The van der Waals surface area contributed by atoms with Crippen LogP contribution in [0.2, 0.25) is 0 Å². The van der Waals surface area contributed by atoms with Gasteiger partial charge in [0.1, 0.15) is 5.78 Å². The third-order valence-electron chi connectivity index (χ3n) is 4.81. The third kappa shape index (κ3) is 3.73. The lowest BCUT2D eigenvalue weighted by molar-refractivity contribution is -0.123. The summed E-state index contributed by atoms with van der Waals surface area (Å²) in [6.07, 6.45) is 1.24. The van der Waals surface area contributed by atoms with Crippen LogP contribution in [0.3, 0.4) is 0 Å². The molecule has 0 N–H and O–H groups in total. The summed E-state index contributed by atoms with van der Waals surface area (Å²) in [6.45, 7) is 1.95. The maximum atomic E-state index is 13.3. The van der Waals surface area contributed by atoms with Gasteiger partial charge in [-0.1, -0.05) is 67.6 Å². The quantitative estimate of drug-likeness (QED) is 0.726. The van der Waals surface area contributed by atoms with Crippen LogP contribution in [-0.4, -0.2) is 36.6 Å². The largest absolute Gasteiger partial charge is 0.306 e. The molecule has 0 bridgehead atoms. The standard InChI is InChI=1S/C21H27NOS/c1-4-20(23)21(15-19(16-24)22(2)3,17-11-7-5-8-12-17)18-13-9-6-10-14-18/h5-14,19,24H,4,15-16H2,1-3H3/t19-/m1/s1. The normalized spacial score (nSPS) is 13.0. The monoisotopic (exact) mass is 341 g/mol. The van der Waals surface area contributed by atoms with Crippen LogP contribution in [-0.2, 0) is 10.2 Å². The Bertz CT molecular complexity index is 600. The first-order chi connectivity index (χ1) is 11.6.